The summed E-state index contributed by atoms with van der Waals surface area (Å²) >= 11 is 1.88. The van der Waals surface area contributed by atoms with E-state index in [1.807, 2.05) is 11.3 Å². The van der Waals surface area contributed by atoms with Crippen molar-refractivity contribution in [3.63, 3.8) is 0 Å². The lowest BCUT2D eigenvalue weighted by molar-refractivity contribution is 1.18. The molecule has 0 radical (unpaired) electrons. The third-order valence-corrected chi connectivity index (χ3v) is 11.8. The van der Waals surface area contributed by atoms with Gasteiger partial charge in [0.25, 0.3) is 0 Å². The van der Waals surface area contributed by atoms with Gasteiger partial charge in [-0.25, -0.2) is 0 Å². The summed E-state index contributed by atoms with van der Waals surface area (Å²) in [5.74, 6) is 0. The van der Waals surface area contributed by atoms with Crippen molar-refractivity contribution in [1.82, 2.24) is 4.57 Å². The second-order valence-electron chi connectivity index (χ2n) is 13.3. The van der Waals surface area contributed by atoms with E-state index in [0.717, 1.165) is 5.69 Å². The largest absolute Gasteiger partial charge is 0.309 e. The van der Waals surface area contributed by atoms with Crippen LogP contribution in [-0.4, -0.2) is 4.57 Å². The molecule has 2 aromatic heterocycles. The number of benzene rings is 9. The minimum Gasteiger partial charge on any atom is -0.309 e. The minimum absolute atomic E-state index is 1.16. The summed E-state index contributed by atoms with van der Waals surface area (Å²) in [6.07, 6.45) is 0. The molecular formula is C48H29NS. The van der Waals surface area contributed by atoms with Crippen LogP contribution >= 0.6 is 11.3 Å². The van der Waals surface area contributed by atoms with E-state index in [1.54, 1.807) is 0 Å². The van der Waals surface area contributed by atoms with Gasteiger partial charge in [0.1, 0.15) is 0 Å². The molecule has 0 bridgehead atoms. The highest BCUT2D eigenvalue weighted by molar-refractivity contribution is 7.26. The van der Waals surface area contributed by atoms with Crippen LogP contribution in [0.3, 0.4) is 0 Å². The number of hydrogen-bond acceptors (Lipinski definition) is 1. The van der Waals surface area contributed by atoms with Crippen LogP contribution in [0.15, 0.2) is 176 Å². The van der Waals surface area contributed by atoms with Gasteiger partial charge in [-0.3, -0.25) is 0 Å². The van der Waals surface area contributed by atoms with E-state index in [2.05, 4.69) is 180 Å². The summed E-state index contributed by atoms with van der Waals surface area (Å²) in [6.45, 7) is 0. The number of hydrogen-bond donors (Lipinski definition) is 0. The fourth-order valence-corrected chi connectivity index (χ4v) is 9.52. The topological polar surface area (TPSA) is 4.93 Å². The normalized spacial score (nSPS) is 12.0. The van der Waals surface area contributed by atoms with Crippen molar-refractivity contribution in [2.75, 3.05) is 0 Å². The monoisotopic (exact) mass is 651 g/mol. The predicted octanol–water partition coefficient (Wildman–Crippen LogP) is 13.9. The van der Waals surface area contributed by atoms with Crippen LogP contribution in [-0.2, 0) is 0 Å². The standard InChI is InChI=1S/C48H29NS/c1-2-12-37-35(10-1)36-11-3-4-13-38(36)44-28-31(22-26-39(37)44)32-23-27-41-40-14-5-7-18-45(40)49(46(41)29-32)33-24-20-30(21-25-33)34-16-9-17-43-42-15-6-8-19-47(42)50-48(34)43/h1-29H. The third-order valence-electron chi connectivity index (χ3n) is 10.6. The number of fused-ring (bicyclic) bond motifs is 12. The van der Waals surface area contributed by atoms with Crippen molar-refractivity contribution >= 4 is 85.6 Å². The molecule has 0 aliphatic carbocycles. The van der Waals surface area contributed by atoms with E-state index < -0.39 is 0 Å². The first-order valence-electron chi connectivity index (χ1n) is 17.2. The molecule has 1 nitrogen and oxygen atoms in total. The van der Waals surface area contributed by atoms with Crippen molar-refractivity contribution in [2.24, 2.45) is 0 Å². The third kappa shape index (κ3) is 4.00. The summed E-state index contributed by atoms with van der Waals surface area (Å²) < 4.78 is 5.11. The van der Waals surface area contributed by atoms with Crippen molar-refractivity contribution in [3.8, 4) is 27.9 Å². The first kappa shape index (κ1) is 27.7. The highest BCUT2D eigenvalue weighted by Crippen LogP contribution is 2.42. The van der Waals surface area contributed by atoms with Gasteiger partial charge in [0.05, 0.1) is 11.0 Å². The van der Waals surface area contributed by atoms with Gasteiger partial charge in [0, 0.05) is 36.6 Å². The zero-order valence-electron chi connectivity index (χ0n) is 27.1. The fraction of sp³-hybridized carbons (Fsp3) is 0. The molecule has 0 fully saturated rings. The maximum atomic E-state index is 2.43. The van der Waals surface area contributed by atoms with E-state index >= 15 is 0 Å². The average Bonchev–Trinajstić information content (AvgIpc) is 3.73. The lowest BCUT2D eigenvalue weighted by Gasteiger charge is -2.13. The Labute approximate surface area is 292 Å². The van der Waals surface area contributed by atoms with Gasteiger partial charge in [-0.05, 0) is 91.0 Å². The Morgan fingerprint density at radius 1 is 0.320 bits per heavy atom. The van der Waals surface area contributed by atoms with Gasteiger partial charge in [-0.2, -0.15) is 0 Å². The zero-order valence-corrected chi connectivity index (χ0v) is 27.9. The predicted molar refractivity (Wildman–Crippen MR) is 217 cm³/mol. The number of nitrogens with zero attached hydrogens (tertiary/aromatic N) is 1. The van der Waals surface area contributed by atoms with Crippen LogP contribution < -0.4 is 0 Å². The Bertz CT molecular complexity index is 3110. The van der Waals surface area contributed by atoms with Crippen molar-refractivity contribution in [3.05, 3.63) is 176 Å². The number of rotatable bonds is 3. The number of aromatic nitrogens is 1. The average molecular weight is 652 g/mol. The molecule has 50 heavy (non-hydrogen) atoms. The van der Waals surface area contributed by atoms with Gasteiger partial charge < -0.3 is 4.57 Å². The van der Waals surface area contributed by atoms with E-state index in [1.165, 1.54) is 96.5 Å². The van der Waals surface area contributed by atoms with Crippen LogP contribution in [0.2, 0.25) is 0 Å². The molecule has 11 rings (SSSR count). The lowest BCUT2D eigenvalue weighted by Crippen LogP contribution is -1.94. The summed E-state index contributed by atoms with van der Waals surface area (Å²) in [7, 11) is 0. The van der Waals surface area contributed by atoms with E-state index in [0.29, 0.717) is 0 Å². The van der Waals surface area contributed by atoms with Crippen LogP contribution in [0.5, 0.6) is 0 Å². The molecule has 0 saturated heterocycles. The van der Waals surface area contributed by atoms with Crippen LogP contribution in [0.1, 0.15) is 0 Å². The SMILES string of the molecule is c1ccc2c(c1)sc1c(-c3ccc(-n4c5ccccc5c5ccc(-c6ccc7c8ccccc8c8ccccc8c7c6)cc54)cc3)cccc12. The Hall–Kier alpha value is -6.22. The van der Waals surface area contributed by atoms with E-state index in [9.17, 15) is 0 Å². The van der Waals surface area contributed by atoms with Crippen molar-refractivity contribution < 1.29 is 0 Å². The van der Waals surface area contributed by atoms with Gasteiger partial charge in [0.15, 0.2) is 0 Å². The molecule has 2 heterocycles. The highest BCUT2D eigenvalue weighted by Gasteiger charge is 2.16. The van der Waals surface area contributed by atoms with Gasteiger partial charge >= 0.3 is 0 Å². The zero-order chi connectivity index (χ0) is 32.8. The Morgan fingerprint density at radius 2 is 0.840 bits per heavy atom. The lowest BCUT2D eigenvalue weighted by atomic mass is 9.92. The highest BCUT2D eigenvalue weighted by atomic mass is 32.1. The maximum absolute atomic E-state index is 2.43. The smallest absolute Gasteiger partial charge is 0.0547 e. The van der Waals surface area contributed by atoms with Gasteiger partial charge in [-0.15, -0.1) is 11.3 Å². The summed E-state index contributed by atoms with van der Waals surface area (Å²) in [5.41, 5.74) is 8.56. The van der Waals surface area contributed by atoms with Crippen LogP contribution in [0, 0.1) is 0 Å². The van der Waals surface area contributed by atoms with Crippen molar-refractivity contribution in [2.45, 2.75) is 0 Å². The Morgan fingerprint density at radius 3 is 1.58 bits per heavy atom. The number of para-hydroxylation sites is 1. The fourth-order valence-electron chi connectivity index (χ4n) is 8.28. The molecule has 0 N–H and O–H groups in total. The second-order valence-corrected chi connectivity index (χ2v) is 14.3. The van der Waals surface area contributed by atoms with E-state index in [4.69, 9.17) is 0 Å². The minimum atomic E-state index is 1.16. The molecule has 0 unspecified atom stereocenters. The Balaban J connectivity index is 1.08. The molecule has 0 atom stereocenters. The van der Waals surface area contributed by atoms with Crippen molar-refractivity contribution in [1.29, 1.82) is 0 Å². The summed E-state index contributed by atoms with van der Waals surface area (Å²) in [6, 6.07) is 64.9. The second kappa shape index (κ2) is 10.6. The molecule has 0 amide bonds. The van der Waals surface area contributed by atoms with Crippen LogP contribution in [0.25, 0.3) is 102 Å². The summed E-state index contributed by atoms with van der Waals surface area (Å²) in [4.78, 5) is 0. The molecule has 0 aliphatic heterocycles. The Kier molecular flexibility index (Phi) is 5.89. The molecule has 2 heteroatoms. The molecule has 9 aromatic carbocycles. The molecular weight excluding hydrogens is 623 g/mol. The quantitative estimate of drug-likeness (QED) is 0.168. The number of thiophene rings is 1. The van der Waals surface area contributed by atoms with E-state index in [-0.39, 0.29) is 0 Å². The first-order valence-corrected chi connectivity index (χ1v) is 18.0. The van der Waals surface area contributed by atoms with Gasteiger partial charge in [-0.1, -0.05) is 140 Å². The summed E-state index contributed by atoms with van der Waals surface area (Å²) in [5, 5.41) is 13.0. The molecule has 0 spiro atoms. The first-order chi connectivity index (χ1) is 24.8. The maximum Gasteiger partial charge on any atom is 0.0547 e. The molecule has 11 aromatic rings. The molecule has 0 aliphatic rings. The van der Waals surface area contributed by atoms with Crippen LogP contribution in [0.4, 0.5) is 0 Å². The van der Waals surface area contributed by atoms with Gasteiger partial charge in [0.2, 0.25) is 0 Å². The molecule has 232 valence electrons. The molecule has 0 saturated carbocycles.